The number of nitrogens with one attached hydrogen (secondary N) is 1. The van der Waals surface area contributed by atoms with E-state index in [0.717, 1.165) is 11.3 Å². The van der Waals surface area contributed by atoms with Crippen LogP contribution in [0, 0.1) is 0 Å². The summed E-state index contributed by atoms with van der Waals surface area (Å²) in [6, 6.07) is 20.9. The predicted octanol–water partition coefficient (Wildman–Crippen LogP) is 4.91. The van der Waals surface area contributed by atoms with Crippen LogP contribution in [-0.4, -0.2) is 34.3 Å². The number of nitrogens with zero attached hydrogens (tertiary/aromatic N) is 1. The first kappa shape index (κ1) is 20.1. The van der Waals surface area contributed by atoms with Gasteiger partial charge < -0.3 is 24.3 Å². The lowest BCUT2D eigenvalue weighted by atomic mass is 10.2. The second-order valence-electron chi connectivity index (χ2n) is 6.06. The number of rotatable bonds is 7. The van der Waals surface area contributed by atoms with E-state index in [1.54, 1.807) is 34.5 Å². The molecule has 0 saturated heterocycles. The van der Waals surface area contributed by atoms with Gasteiger partial charge in [0.2, 0.25) is 0 Å². The maximum absolute atomic E-state index is 5.51. The quantitative estimate of drug-likeness (QED) is 0.457. The van der Waals surface area contributed by atoms with E-state index < -0.39 is 0 Å². The Morgan fingerprint density at radius 2 is 1.31 bits per heavy atom. The number of methoxy groups -OCH3 is 4. The molecule has 0 saturated carbocycles. The Morgan fingerprint density at radius 3 is 1.93 bits per heavy atom. The monoisotopic (exact) mass is 392 g/mol. The molecule has 0 radical (unpaired) electrons. The summed E-state index contributed by atoms with van der Waals surface area (Å²) >= 11 is 0. The molecule has 0 unspecified atom stereocenters. The number of hydrogen-bond acceptors (Lipinski definition) is 5. The fourth-order valence-corrected chi connectivity index (χ4v) is 2.79. The molecule has 1 N–H and O–H groups in total. The van der Waals surface area contributed by atoms with Crippen molar-refractivity contribution in [2.24, 2.45) is 4.99 Å². The van der Waals surface area contributed by atoms with E-state index in [0.29, 0.717) is 34.5 Å². The molecule has 0 heterocycles. The van der Waals surface area contributed by atoms with Gasteiger partial charge in [0.25, 0.3) is 0 Å². The molecule has 3 aromatic rings. The second kappa shape index (κ2) is 9.50. The molecule has 150 valence electrons. The van der Waals surface area contributed by atoms with E-state index in [1.807, 2.05) is 60.7 Å². The fourth-order valence-electron chi connectivity index (χ4n) is 2.79. The topological polar surface area (TPSA) is 61.3 Å². The van der Waals surface area contributed by atoms with Crippen LogP contribution in [0.25, 0.3) is 0 Å². The number of anilines is 1. The average molecular weight is 392 g/mol. The fraction of sp³-hybridized carbons (Fsp3) is 0.174. The molecule has 0 aliphatic rings. The van der Waals surface area contributed by atoms with E-state index in [4.69, 9.17) is 23.9 Å². The van der Waals surface area contributed by atoms with Crippen LogP contribution in [0.1, 0.15) is 5.56 Å². The Kier molecular flexibility index (Phi) is 6.58. The van der Waals surface area contributed by atoms with Crippen LogP contribution in [0.2, 0.25) is 0 Å². The summed E-state index contributed by atoms with van der Waals surface area (Å²) in [5, 5.41) is 3.38. The Bertz CT molecular complexity index is 987. The highest BCUT2D eigenvalue weighted by atomic mass is 16.5. The van der Waals surface area contributed by atoms with E-state index in [-0.39, 0.29) is 0 Å². The van der Waals surface area contributed by atoms with Crippen LogP contribution in [-0.2, 0) is 0 Å². The van der Waals surface area contributed by atoms with Crippen molar-refractivity contribution in [1.82, 2.24) is 0 Å². The first-order valence-corrected chi connectivity index (χ1v) is 9.03. The highest BCUT2D eigenvalue weighted by Crippen LogP contribution is 2.33. The largest absolute Gasteiger partial charge is 0.497 e. The lowest BCUT2D eigenvalue weighted by molar-refractivity contribution is 0.395. The smallest absolute Gasteiger partial charge is 0.148 e. The zero-order valence-electron chi connectivity index (χ0n) is 16.9. The molecule has 6 heteroatoms. The van der Waals surface area contributed by atoms with E-state index in [2.05, 4.69) is 5.32 Å². The first-order chi connectivity index (χ1) is 14.2. The van der Waals surface area contributed by atoms with Gasteiger partial charge in [-0.25, -0.2) is 4.99 Å². The minimum Gasteiger partial charge on any atom is -0.497 e. The molecular formula is C23H24N2O4. The van der Waals surface area contributed by atoms with Crippen molar-refractivity contribution in [3.63, 3.8) is 0 Å². The third kappa shape index (κ3) is 4.79. The van der Waals surface area contributed by atoms with Crippen LogP contribution in [0.3, 0.4) is 0 Å². The molecule has 29 heavy (non-hydrogen) atoms. The third-order valence-corrected chi connectivity index (χ3v) is 4.33. The normalized spacial score (nSPS) is 11.0. The van der Waals surface area contributed by atoms with Gasteiger partial charge in [-0.3, -0.25) is 0 Å². The number of aliphatic imine (C=N–C) groups is 1. The molecule has 3 rings (SSSR count). The molecule has 0 bridgehead atoms. The number of amidine groups is 1. The first-order valence-electron chi connectivity index (χ1n) is 9.03. The van der Waals surface area contributed by atoms with Crippen molar-refractivity contribution in [3.8, 4) is 23.0 Å². The average Bonchev–Trinajstić information content (AvgIpc) is 2.79. The van der Waals surface area contributed by atoms with Crippen molar-refractivity contribution in [3.05, 3.63) is 72.3 Å². The van der Waals surface area contributed by atoms with E-state index >= 15 is 0 Å². The molecule has 0 aliphatic heterocycles. The summed E-state index contributed by atoms with van der Waals surface area (Å²) in [6.45, 7) is 0. The van der Waals surface area contributed by atoms with Gasteiger partial charge >= 0.3 is 0 Å². The maximum Gasteiger partial charge on any atom is 0.148 e. The zero-order chi connectivity index (χ0) is 20.6. The van der Waals surface area contributed by atoms with Crippen LogP contribution in [0.5, 0.6) is 23.0 Å². The third-order valence-electron chi connectivity index (χ3n) is 4.33. The second-order valence-corrected chi connectivity index (χ2v) is 6.06. The minimum atomic E-state index is 0.612. The summed E-state index contributed by atoms with van der Waals surface area (Å²) < 4.78 is 21.6. The Hall–Kier alpha value is -3.67. The van der Waals surface area contributed by atoms with Crippen LogP contribution < -0.4 is 24.3 Å². The van der Waals surface area contributed by atoms with Crippen molar-refractivity contribution < 1.29 is 18.9 Å². The van der Waals surface area contributed by atoms with Crippen molar-refractivity contribution in [2.75, 3.05) is 33.8 Å². The predicted molar refractivity (Wildman–Crippen MR) is 115 cm³/mol. The van der Waals surface area contributed by atoms with Crippen molar-refractivity contribution in [2.45, 2.75) is 0 Å². The van der Waals surface area contributed by atoms with Gasteiger partial charge in [-0.15, -0.1) is 0 Å². The standard InChI is InChI=1S/C23H24N2O4/c1-26-17-10-12-19(21(14-17)28-3)24-23(16-8-6-5-7-9-16)25-20-13-11-18(27-2)15-22(20)29-4/h5-15H,1-4H3,(H,24,25). The molecule has 0 amide bonds. The van der Waals surface area contributed by atoms with Gasteiger partial charge in [0, 0.05) is 17.7 Å². The SMILES string of the molecule is COc1ccc(N=C(Nc2ccc(OC)cc2OC)c2ccccc2)c(OC)c1. The molecule has 0 fully saturated rings. The lowest BCUT2D eigenvalue weighted by Crippen LogP contribution is -2.14. The summed E-state index contributed by atoms with van der Waals surface area (Å²) in [7, 11) is 6.46. The van der Waals surface area contributed by atoms with Crippen LogP contribution in [0.15, 0.2) is 71.7 Å². The van der Waals surface area contributed by atoms with Gasteiger partial charge in [0.15, 0.2) is 0 Å². The summed E-state index contributed by atoms with van der Waals surface area (Å²) in [5.74, 6) is 3.32. The molecule has 6 nitrogen and oxygen atoms in total. The molecule has 0 aliphatic carbocycles. The highest BCUT2D eigenvalue weighted by molar-refractivity contribution is 6.10. The summed E-state index contributed by atoms with van der Waals surface area (Å²) in [5.41, 5.74) is 2.36. The molecule has 0 aromatic heterocycles. The van der Waals surface area contributed by atoms with Gasteiger partial charge in [0.1, 0.15) is 34.5 Å². The molecule has 0 atom stereocenters. The van der Waals surface area contributed by atoms with Crippen LogP contribution >= 0.6 is 0 Å². The number of hydrogen-bond donors (Lipinski definition) is 1. The lowest BCUT2D eigenvalue weighted by Gasteiger charge is -2.15. The van der Waals surface area contributed by atoms with Gasteiger partial charge in [-0.05, 0) is 24.3 Å². The molecule has 0 spiro atoms. The Morgan fingerprint density at radius 1 is 0.690 bits per heavy atom. The maximum atomic E-state index is 5.51. The number of ether oxygens (including phenoxy) is 4. The molecule has 3 aromatic carbocycles. The number of benzene rings is 3. The summed E-state index contributed by atoms with van der Waals surface area (Å²) in [4.78, 5) is 4.83. The van der Waals surface area contributed by atoms with Crippen molar-refractivity contribution >= 4 is 17.2 Å². The van der Waals surface area contributed by atoms with Crippen LogP contribution in [0.4, 0.5) is 11.4 Å². The highest BCUT2D eigenvalue weighted by Gasteiger charge is 2.12. The van der Waals surface area contributed by atoms with E-state index in [9.17, 15) is 0 Å². The van der Waals surface area contributed by atoms with Gasteiger partial charge in [-0.1, -0.05) is 30.3 Å². The van der Waals surface area contributed by atoms with Gasteiger partial charge in [-0.2, -0.15) is 0 Å². The molecular weight excluding hydrogens is 368 g/mol. The van der Waals surface area contributed by atoms with E-state index in [1.165, 1.54) is 0 Å². The Balaban J connectivity index is 2.07. The summed E-state index contributed by atoms with van der Waals surface area (Å²) in [6.07, 6.45) is 0. The Labute approximate surface area is 170 Å². The van der Waals surface area contributed by atoms with Gasteiger partial charge in [0.05, 0.1) is 34.1 Å². The zero-order valence-corrected chi connectivity index (χ0v) is 16.9. The van der Waals surface area contributed by atoms with Crippen molar-refractivity contribution in [1.29, 1.82) is 0 Å². The minimum absolute atomic E-state index is 0.612.